The summed E-state index contributed by atoms with van der Waals surface area (Å²) in [6.45, 7) is 6.51. The third kappa shape index (κ3) is 3.26. The number of primary amides is 1. The lowest BCUT2D eigenvalue weighted by Crippen LogP contribution is -2.24. The van der Waals surface area contributed by atoms with E-state index in [1.165, 1.54) is 17.8 Å². The van der Waals surface area contributed by atoms with Gasteiger partial charge in [-0.05, 0) is 31.1 Å². The molecule has 1 amide bonds. The van der Waals surface area contributed by atoms with Crippen molar-refractivity contribution in [2.45, 2.75) is 33.1 Å². The molecule has 1 aromatic heterocycles. The maximum absolute atomic E-state index is 11.5. The summed E-state index contributed by atoms with van der Waals surface area (Å²) in [7, 11) is 1.58. The van der Waals surface area contributed by atoms with Crippen molar-refractivity contribution in [2.75, 3.05) is 30.8 Å². The normalized spacial score (nSPS) is 19.6. The molecule has 1 saturated heterocycles. The number of nitrogens with zero attached hydrogens (tertiary/aromatic N) is 1. The Morgan fingerprint density at radius 3 is 2.67 bits per heavy atom. The van der Waals surface area contributed by atoms with E-state index in [-0.39, 0.29) is 0 Å². The minimum absolute atomic E-state index is 0.370. The zero-order valence-corrected chi connectivity index (χ0v) is 13.8. The fourth-order valence-electron chi connectivity index (χ4n) is 3.00. The average molecular weight is 311 g/mol. The second-order valence-electron chi connectivity index (χ2n) is 5.97. The summed E-state index contributed by atoms with van der Waals surface area (Å²) in [4.78, 5) is 14.2. The Balaban J connectivity index is 2.25. The van der Waals surface area contributed by atoms with E-state index in [4.69, 9.17) is 16.2 Å². The van der Waals surface area contributed by atoms with Crippen LogP contribution in [0.3, 0.4) is 0 Å². The maximum atomic E-state index is 11.5. The molecule has 0 radical (unpaired) electrons. The van der Waals surface area contributed by atoms with Crippen LogP contribution >= 0.6 is 11.3 Å². The number of nitrogen functional groups attached to an aromatic ring is 1. The lowest BCUT2D eigenvalue weighted by atomic mass is 9.89. The highest BCUT2D eigenvalue weighted by atomic mass is 32.1. The highest BCUT2D eigenvalue weighted by Crippen LogP contribution is 2.45. The van der Waals surface area contributed by atoms with Gasteiger partial charge in [-0.2, -0.15) is 0 Å². The lowest BCUT2D eigenvalue weighted by Gasteiger charge is -2.22. The molecule has 0 aliphatic carbocycles. The van der Waals surface area contributed by atoms with E-state index >= 15 is 0 Å². The van der Waals surface area contributed by atoms with Gasteiger partial charge in [0.15, 0.2) is 5.75 Å². The van der Waals surface area contributed by atoms with Gasteiger partial charge in [0.2, 0.25) is 0 Å². The van der Waals surface area contributed by atoms with Crippen LogP contribution in [0.4, 0.5) is 10.7 Å². The second kappa shape index (κ2) is 6.56. The van der Waals surface area contributed by atoms with Crippen molar-refractivity contribution in [1.29, 1.82) is 0 Å². The van der Waals surface area contributed by atoms with Crippen molar-refractivity contribution in [3.8, 4) is 5.75 Å². The monoisotopic (exact) mass is 311 g/mol. The molecule has 1 aliphatic rings. The first-order valence-electron chi connectivity index (χ1n) is 7.46. The fourth-order valence-corrected chi connectivity index (χ4v) is 4.09. The molecule has 1 unspecified atom stereocenters. The van der Waals surface area contributed by atoms with E-state index in [0.29, 0.717) is 22.2 Å². The zero-order valence-electron chi connectivity index (χ0n) is 13.0. The van der Waals surface area contributed by atoms with Crippen LogP contribution in [-0.2, 0) is 0 Å². The molecular formula is C15H25N3O2S. The molecule has 1 aromatic rings. The van der Waals surface area contributed by atoms with Crippen molar-refractivity contribution < 1.29 is 9.53 Å². The number of hydrogen-bond acceptors (Lipinski definition) is 5. The third-order valence-corrected chi connectivity index (χ3v) is 5.58. The summed E-state index contributed by atoms with van der Waals surface area (Å²) in [6.07, 6.45) is 3.56. The van der Waals surface area contributed by atoms with Crippen LogP contribution in [0.5, 0.6) is 5.75 Å². The highest BCUT2D eigenvalue weighted by molar-refractivity contribution is 7.19. The van der Waals surface area contributed by atoms with Crippen molar-refractivity contribution >= 4 is 27.9 Å². The zero-order chi connectivity index (χ0) is 15.6. The lowest BCUT2D eigenvalue weighted by molar-refractivity contribution is 0.100. The van der Waals surface area contributed by atoms with Crippen LogP contribution in [-0.4, -0.2) is 26.1 Å². The van der Waals surface area contributed by atoms with Crippen molar-refractivity contribution in [3.63, 3.8) is 0 Å². The predicted octanol–water partition coefficient (Wildman–Crippen LogP) is 2.70. The molecule has 2 heterocycles. The number of methoxy groups -OCH3 is 1. The highest BCUT2D eigenvalue weighted by Gasteiger charge is 2.26. The van der Waals surface area contributed by atoms with E-state index in [2.05, 4.69) is 18.7 Å². The SMILES string of the molecule is COc1c(N2CCCC(C(C)C)CC2)sc(C(N)=O)c1N. The smallest absolute Gasteiger partial charge is 0.261 e. The number of nitrogens with two attached hydrogens (primary N) is 2. The topological polar surface area (TPSA) is 81.6 Å². The molecule has 1 fully saturated rings. The van der Waals surface area contributed by atoms with Gasteiger partial charge < -0.3 is 21.1 Å². The van der Waals surface area contributed by atoms with E-state index in [0.717, 1.165) is 36.9 Å². The van der Waals surface area contributed by atoms with Crippen LogP contribution in [0.2, 0.25) is 0 Å². The first-order chi connectivity index (χ1) is 9.95. The summed E-state index contributed by atoms with van der Waals surface area (Å²) >= 11 is 1.35. The van der Waals surface area contributed by atoms with E-state index < -0.39 is 5.91 Å². The number of thiophene rings is 1. The predicted molar refractivity (Wildman–Crippen MR) is 88.2 cm³/mol. The molecule has 4 N–H and O–H groups in total. The summed E-state index contributed by atoms with van der Waals surface area (Å²) < 4.78 is 5.41. The summed E-state index contributed by atoms with van der Waals surface area (Å²) in [5, 5.41) is 0.938. The van der Waals surface area contributed by atoms with Crippen LogP contribution < -0.4 is 21.1 Å². The standard InChI is InChI=1S/C15H25N3O2S/c1-9(2)10-5-4-7-18(8-6-10)15-12(20-3)11(16)13(21-15)14(17)19/h9-10H,4-8,16H2,1-3H3,(H2,17,19). The number of carbonyl (C=O) groups is 1. The van der Waals surface area contributed by atoms with Crippen LogP contribution in [0.15, 0.2) is 0 Å². The average Bonchev–Trinajstić information content (AvgIpc) is 2.62. The van der Waals surface area contributed by atoms with Crippen molar-refractivity contribution in [3.05, 3.63) is 4.88 Å². The first-order valence-corrected chi connectivity index (χ1v) is 8.28. The number of amides is 1. The Bertz CT molecular complexity index is 513. The number of carbonyl (C=O) groups excluding carboxylic acids is 1. The summed E-state index contributed by atoms with van der Waals surface area (Å²) in [6, 6.07) is 0. The Labute approximate surface area is 130 Å². The van der Waals surface area contributed by atoms with E-state index in [9.17, 15) is 4.79 Å². The Morgan fingerprint density at radius 2 is 2.10 bits per heavy atom. The molecule has 2 rings (SSSR count). The van der Waals surface area contributed by atoms with Gasteiger partial charge in [0.25, 0.3) is 5.91 Å². The van der Waals surface area contributed by atoms with Crippen molar-refractivity contribution in [1.82, 2.24) is 0 Å². The van der Waals surface area contributed by atoms with Gasteiger partial charge in [-0.15, -0.1) is 11.3 Å². The van der Waals surface area contributed by atoms with Crippen molar-refractivity contribution in [2.24, 2.45) is 17.6 Å². The van der Waals surface area contributed by atoms with Gasteiger partial charge in [-0.25, -0.2) is 0 Å². The van der Waals surface area contributed by atoms with Gasteiger partial charge >= 0.3 is 0 Å². The Hall–Kier alpha value is -1.43. The fraction of sp³-hybridized carbons (Fsp3) is 0.667. The molecule has 0 aromatic carbocycles. The summed E-state index contributed by atoms with van der Waals surface area (Å²) in [5.41, 5.74) is 11.8. The Kier molecular flexibility index (Phi) is 4.98. The van der Waals surface area contributed by atoms with E-state index in [1.807, 2.05) is 0 Å². The Morgan fingerprint density at radius 1 is 1.38 bits per heavy atom. The molecule has 1 aliphatic heterocycles. The maximum Gasteiger partial charge on any atom is 0.261 e. The molecule has 0 spiro atoms. The minimum atomic E-state index is -0.489. The van der Waals surface area contributed by atoms with Gasteiger partial charge in [0.1, 0.15) is 15.6 Å². The number of ether oxygens (including phenoxy) is 1. The molecule has 1 atom stereocenters. The molecule has 0 saturated carbocycles. The van der Waals surface area contributed by atoms with Gasteiger partial charge in [-0.3, -0.25) is 4.79 Å². The third-order valence-electron chi connectivity index (χ3n) is 4.31. The largest absolute Gasteiger partial charge is 0.492 e. The van der Waals surface area contributed by atoms with Gasteiger partial charge in [-0.1, -0.05) is 13.8 Å². The molecule has 5 nitrogen and oxygen atoms in total. The number of anilines is 2. The van der Waals surface area contributed by atoms with E-state index in [1.54, 1.807) is 7.11 Å². The van der Waals surface area contributed by atoms with Crippen LogP contribution in [0.1, 0.15) is 42.8 Å². The minimum Gasteiger partial charge on any atom is -0.492 e. The van der Waals surface area contributed by atoms with Gasteiger partial charge in [0.05, 0.1) is 7.11 Å². The first kappa shape index (κ1) is 15.9. The van der Waals surface area contributed by atoms with Crippen LogP contribution in [0.25, 0.3) is 0 Å². The molecule has 0 bridgehead atoms. The molecule has 6 heteroatoms. The molecular weight excluding hydrogens is 286 g/mol. The quantitative estimate of drug-likeness (QED) is 0.895. The van der Waals surface area contributed by atoms with Crippen LogP contribution in [0, 0.1) is 11.8 Å². The summed E-state index contributed by atoms with van der Waals surface area (Å²) in [5.74, 6) is 1.57. The molecule has 118 valence electrons. The second-order valence-corrected chi connectivity index (χ2v) is 6.97. The molecule has 21 heavy (non-hydrogen) atoms. The number of hydrogen-bond donors (Lipinski definition) is 2. The number of rotatable bonds is 4. The van der Waals surface area contributed by atoms with Gasteiger partial charge in [0, 0.05) is 13.1 Å².